The van der Waals surface area contributed by atoms with Crippen molar-refractivity contribution in [1.82, 2.24) is 14.4 Å². The molecule has 0 N–H and O–H groups in total. The molecule has 2 aliphatic rings. The van der Waals surface area contributed by atoms with Crippen molar-refractivity contribution in [3.05, 3.63) is 31.9 Å². The predicted molar refractivity (Wildman–Crippen MR) is 153 cm³/mol. The van der Waals surface area contributed by atoms with Crippen molar-refractivity contribution in [2.45, 2.75) is 72.3 Å². The van der Waals surface area contributed by atoms with E-state index in [1.165, 1.54) is 37.4 Å². The number of aromatic nitrogens is 1. The zero-order chi connectivity index (χ0) is 26.2. The Morgan fingerprint density at radius 1 is 1.00 bits per heavy atom. The minimum Gasteiger partial charge on any atom is -0.355 e. The highest BCUT2D eigenvalue weighted by molar-refractivity contribution is 8.26. The van der Waals surface area contributed by atoms with Crippen LogP contribution in [0.3, 0.4) is 0 Å². The van der Waals surface area contributed by atoms with Crippen molar-refractivity contribution in [2.75, 3.05) is 44.7 Å². The Morgan fingerprint density at radius 2 is 1.67 bits per heavy atom. The van der Waals surface area contributed by atoms with Gasteiger partial charge in [-0.05, 0) is 38.5 Å². The molecule has 0 aliphatic carbocycles. The SMILES string of the molecule is CCCCCCCCN1C(=O)C(=Cc2c(C)c(C#N)c(=O)n(CCC)c2N2CCN(C)CC2)SC1=S. The molecule has 0 spiro atoms. The molecule has 36 heavy (non-hydrogen) atoms. The molecule has 2 aliphatic heterocycles. The number of thiocarbonyl (C=S) groups is 1. The number of unbranched alkanes of at least 4 members (excludes halogenated alkanes) is 5. The van der Waals surface area contributed by atoms with E-state index in [2.05, 4.69) is 29.8 Å². The number of carbonyl (C=O) groups excluding carboxylic acids is 1. The number of amides is 1. The minimum absolute atomic E-state index is 0.0750. The van der Waals surface area contributed by atoms with E-state index in [1.807, 2.05) is 19.9 Å². The fraction of sp³-hybridized carbons (Fsp3) is 0.630. The van der Waals surface area contributed by atoms with E-state index >= 15 is 0 Å². The van der Waals surface area contributed by atoms with Gasteiger partial charge >= 0.3 is 0 Å². The van der Waals surface area contributed by atoms with Gasteiger partial charge in [0.15, 0.2) is 0 Å². The van der Waals surface area contributed by atoms with Crippen molar-refractivity contribution in [3.8, 4) is 6.07 Å². The average molecular weight is 530 g/mol. The Hall–Kier alpha value is -2.15. The minimum atomic E-state index is -0.251. The first-order valence-corrected chi connectivity index (χ1v) is 14.4. The number of thioether (sulfide) groups is 1. The van der Waals surface area contributed by atoms with Crippen LogP contribution in [0.25, 0.3) is 6.08 Å². The molecule has 1 aromatic rings. The van der Waals surface area contributed by atoms with Crippen LogP contribution in [0.2, 0.25) is 0 Å². The van der Waals surface area contributed by atoms with Gasteiger partial charge in [0, 0.05) is 44.8 Å². The number of nitrogens with zero attached hydrogens (tertiary/aromatic N) is 5. The van der Waals surface area contributed by atoms with Gasteiger partial charge in [-0.25, -0.2) is 0 Å². The van der Waals surface area contributed by atoms with Crippen LogP contribution in [0.4, 0.5) is 5.82 Å². The van der Waals surface area contributed by atoms with E-state index in [0.29, 0.717) is 27.9 Å². The highest BCUT2D eigenvalue weighted by Crippen LogP contribution is 2.36. The van der Waals surface area contributed by atoms with Crippen molar-refractivity contribution >= 4 is 46.1 Å². The maximum absolute atomic E-state index is 13.4. The van der Waals surface area contributed by atoms with E-state index in [4.69, 9.17) is 12.2 Å². The summed E-state index contributed by atoms with van der Waals surface area (Å²) in [4.78, 5) is 33.4. The van der Waals surface area contributed by atoms with Gasteiger partial charge < -0.3 is 9.80 Å². The van der Waals surface area contributed by atoms with Gasteiger partial charge in [-0.3, -0.25) is 19.1 Å². The summed E-state index contributed by atoms with van der Waals surface area (Å²) in [5, 5.41) is 9.82. The van der Waals surface area contributed by atoms with Gasteiger partial charge in [0.2, 0.25) is 0 Å². The zero-order valence-corrected chi connectivity index (χ0v) is 23.8. The molecule has 2 fully saturated rings. The third-order valence-corrected chi connectivity index (χ3v) is 8.36. The molecule has 0 unspecified atom stereocenters. The van der Waals surface area contributed by atoms with Crippen LogP contribution in [-0.4, -0.2) is 64.4 Å². The molecule has 196 valence electrons. The molecule has 0 radical (unpaired) electrons. The largest absolute Gasteiger partial charge is 0.355 e. The Morgan fingerprint density at radius 3 is 2.31 bits per heavy atom. The molecule has 3 heterocycles. The summed E-state index contributed by atoms with van der Waals surface area (Å²) in [5.41, 5.74) is 1.31. The van der Waals surface area contributed by atoms with Gasteiger partial charge in [0.1, 0.15) is 21.8 Å². The van der Waals surface area contributed by atoms with Crippen LogP contribution in [0, 0.1) is 18.3 Å². The Bertz CT molecular complexity index is 1100. The summed E-state index contributed by atoms with van der Waals surface area (Å²) in [7, 11) is 2.09. The van der Waals surface area contributed by atoms with Gasteiger partial charge in [-0.15, -0.1) is 0 Å². The highest BCUT2D eigenvalue weighted by Gasteiger charge is 2.33. The standard InChI is InChI=1S/C27H39N5O2S2/c1-5-7-8-9-10-11-13-32-26(34)23(36-27(32)35)18-21-20(3)22(19-28)25(33)31(12-6-2)24(21)30-16-14-29(4)15-17-30/h18H,5-17H2,1-4H3. The van der Waals surface area contributed by atoms with Gasteiger partial charge in [-0.2, -0.15) is 5.26 Å². The first kappa shape index (κ1) is 28.4. The van der Waals surface area contributed by atoms with Crippen molar-refractivity contribution in [1.29, 1.82) is 5.26 Å². The van der Waals surface area contributed by atoms with Crippen LogP contribution < -0.4 is 10.5 Å². The summed E-state index contributed by atoms with van der Waals surface area (Å²) in [5.74, 6) is 0.738. The molecule has 3 rings (SSSR count). The number of nitriles is 1. The van der Waals surface area contributed by atoms with E-state index in [1.54, 1.807) is 9.47 Å². The fourth-order valence-corrected chi connectivity index (χ4v) is 6.10. The van der Waals surface area contributed by atoms with Crippen LogP contribution in [-0.2, 0) is 11.3 Å². The lowest BCUT2D eigenvalue weighted by atomic mass is 10.0. The first-order chi connectivity index (χ1) is 17.3. The van der Waals surface area contributed by atoms with Crippen LogP contribution >= 0.6 is 24.0 Å². The van der Waals surface area contributed by atoms with E-state index in [-0.39, 0.29) is 17.0 Å². The number of pyridine rings is 1. The third kappa shape index (κ3) is 6.39. The number of piperazine rings is 1. The lowest BCUT2D eigenvalue weighted by molar-refractivity contribution is -0.122. The van der Waals surface area contributed by atoms with E-state index in [0.717, 1.165) is 56.8 Å². The summed E-state index contributed by atoms with van der Waals surface area (Å²) in [6, 6.07) is 2.13. The number of carbonyl (C=O) groups is 1. The van der Waals surface area contributed by atoms with Crippen molar-refractivity contribution in [2.24, 2.45) is 0 Å². The smallest absolute Gasteiger partial charge is 0.270 e. The van der Waals surface area contributed by atoms with Crippen molar-refractivity contribution < 1.29 is 4.79 Å². The summed E-state index contributed by atoms with van der Waals surface area (Å²) in [6.45, 7) is 10.6. The molecular weight excluding hydrogens is 490 g/mol. The topological polar surface area (TPSA) is 72.6 Å². The molecule has 2 saturated heterocycles. The lowest BCUT2D eigenvalue weighted by Gasteiger charge is -2.36. The van der Waals surface area contributed by atoms with Gasteiger partial charge in [0.25, 0.3) is 11.5 Å². The Balaban J connectivity index is 1.97. The second kappa shape index (κ2) is 13.4. The Labute approximate surface area is 225 Å². The normalized spacial score (nSPS) is 17.9. The quantitative estimate of drug-likeness (QED) is 0.233. The molecule has 1 amide bonds. The molecular formula is C27H39N5O2S2. The van der Waals surface area contributed by atoms with Gasteiger partial charge in [-0.1, -0.05) is 69.9 Å². The van der Waals surface area contributed by atoms with Gasteiger partial charge in [0.05, 0.1) is 4.91 Å². The Kier molecular flexibility index (Phi) is 10.6. The second-order valence-corrected chi connectivity index (χ2v) is 11.4. The molecule has 0 aromatic carbocycles. The third-order valence-electron chi connectivity index (χ3n) is 6.98. The maximum atomic E-state index is 13.4. The van der Waals surface area contributed by atoms with Crippen LogP contribution in [0.5, 0.6) is 0 Å². The van der Waals surface area contributed by atoms with Crippen LogP contribution in [0.15, 0.2) is 9.70 Å². The number of rotatable bonds is 11. The molecule has 7 nitrogen and oxygen atoms in total. The molecule has 0 bridgehead atoms. The van der Waals surface area contributed by atoms with Crippen LogP contribution in [0.1, 0.15) is 75.5 Å². The predicted octanol–water partition coefficient (Wildman–Crippen LogP) is 4.75. The van der Waals surface area contributed by atoms with Crippen molar-refractivity contribution in [3.63, 3.8) is 0 Å². The summed E-state index contributed by atoms with van der Waals surface area (Å²) in [6.07, 6.45) is 9.56. The van der Waals surface area contributed by atoms with E-state index in [9.17, 15) is 14.9 Å². The molecule has 0 saturated carbocycles. The molecule has 1 aromatic heterocycles. The summed E-state index contributed by atoms with van der Waals surface area (Å²) >= 11 is 6.90. The summed E-state index contributed by atoms with van der Waals surface area (Å²) < 4.78 is 2.32. The number of likely N-dealkylation sites (N-methyl/N-ethyl adjacent to an activating group) is 1. The monoisotopic (exact) mass is 529 g/mol. The second-order valence-electron chi connectivity index (χ2n) is 9.70. The fourth-order valence-electron chi connectivity index (χ4n) is 4.81. The average Bonchev–Trinajstić information content (AvgIpc) is 3.12. The lowest BCUT2D eigenvalue weighted by Crippen LogP contribution is -2.47. The number of anilines is 1. The first-order valence-electron chi connectivity index (χ1n) is 13.2. The number of hydrogen-bond acceptors (Lipinski definition) is 7. The molecule has 0 atom stereocenters. The maximum Gasteiger partial charge on any atom is 0.270 e. The highest BCUT2D eigenvalue weighted by atomic mass is 32.2. The molecule has 9 heteroatoms. The number of hydrogen-bond donors (Lipinski definition) is 0. The zero-order valence-electron chi connectivity index (χ0n) is 22.1. The van der Waals surface area contributed by atoms with E-state index < -0.39 is 0 Å².